The zero-order chi connectivity index (χ0) is 30.9. The predicted molar refractivity (Wildman–Crippen MR) is 164 cm³/mol. The molecule has 0 aliphatic carbocycles. The molecule has 0 heterocycles. The first-order valence-corrected chi connectivity index (χ1v) is 15.5. The summed E-state index contributed by atoms with van der Waals surface area (Å²) in [4.78, 5) is 28.6. The first kappa shape index (κ1) is 32.8. The summed E-state index contributed by atoms with van der Waals surface area (Å²) in [6.07, 6.45) is 0. The van der Waals surface area contributed by atoms with Crippen LogP contribution in [0.15, 0.2) is 77.7 Å². The SMILES string of the molecule is CCOc1ccccc1N(CC(=O)N(Cc1cccc(OC)c1)[C@H](C)C(=O)NCC(C)C)S(=O)(=O)c1ccc(Cl)cc1. The molecule has 0 saturated carbocycles. The maximum atomic E-state index is 14.1. The quantitative estimate of drug-likeness (QED) is 0.270. The number of nitrogens with zero attached hydrogens (tertiary/aromatic N) is 2. The molecule has 1 atom stereocenters. The number of amides is 2. The normalized spacial score (nSPS) is 12.0. The van der Waals surface area contributed by atoms with Gasteiger partial charge in [0.25, 0.3) is 10.0 Å². The van der Waals surface area contributed by atoms with Crippen molar-refractivity contribution in [1.29, 1.82) is 0 Å². The molecule has 0 aliphatic heterocycles. The van der Waals surface area contributed by atoms with Gasteiger partial charge in [0.1, 0.15) is 24.1 Å². The van der Waals surface area contributed by atoms with Crippen molar-refractivity contribution in [3.8, 4) is 11.5 Å². The van der Waals surface area contributed by atoms with Gasteiger partial charge < -0.3 is 19.7 Å². The Morgan fingerprint density at radius 1 is 0.976 bits per heavy atom. The van der Waals surface area contributed by atoms with Crippen molar-refractivity contribution in [2.45, 2.75) is 45.2 Å². The van der Waals surface area contributed by atoms with Crippen molar-refractivity contribution in [2.75, 3.05) is 31.1 Å². The highest BCUT2D eigenvalue weighted by molar-refractivity contribution is 7.92. The number of rotatable bonds is 14. The number of carbonyl (C=O) groups is 2. The molecule has 9 nitrogen and oxygen atoms in total. The summed E-state index contributed by atoms with van der Waals surface area (Å²) in [5.74, 6) is 0.177. The molecular weight excluding hydrogens is 578 g/mol. The van der Waals surface area contributed by atoms with E-state index >= 15 is 0 Å². The number of hydrogen-bond acceptors (Lipinski definition) is 6. The molecule has 0 radical (unpaired) electrons. The molecule has 3 rings (SSSR count). The van der Waals surface area contributed by atoms with Crippen LogP contribution in [0.4, 0.5) is 5.69 Å². The second kappa shape index (κ2) is 14.9. The number of anilines is 1. The molecule has 3 aromatic carbocycles. The van der Waals surface area contributed by atoms with Gasteiger partial charge >= 0.3 is 0 Å². The minimum absolute atomic E-state index is 0.0481. The fraction of sp³-hybridized carbons (Fsp3) is 0.355. The maximum absolute atomic E-state index is 14.1. The Morgan fingerprint density at radius 2 is 1.67 bits per heavy atom. The minimum Gasteiger partial charge on any atom is -0.497 e. The van der Waals surface area contributed by atoms with Crippen molar-refractivity contribution in [2.24, 2.45) is 5.92 Å². The van der Waals surface area contributed by atoms with Crippen molar-refractivity contribution < 1.29 is 27.5 Å². The predicted octanol–water partition coefficient (Wildman–Crippen LogP) is 5.13. The third-order valence-electron chi connectivity index (χ3n) is 6.45. The van der Waals surface area contributed by atoms with E-state index in [4.69, 9.17) is 21.1 Å². The Balaban J connectivity index is 2.07. The Hall–Kier alpha value is -3.76. The highest BCUT2D eigenvalue weighted by Crippen LogP contribution is 2.33. The highest BCUT2D eigenvalue weighted by atomic mass is 35.5. The number of carbonyl (C=O) groups excluding carboxylic acids is 2. The van der Waals surface area contributed by atoms with E-state index in [1.807, 2.05) is 19.9 Å². The lowest BCUT2D eigenvalue weighted by atomic mass is 10.1. The lowest BCUT2D eigenvalue weighted by molar-refractivity contribution is -0.139. The van der Waals surface area contributed by atoms with Crippen LogP contribution in [0.2, 0.25) is 5.02 Å². The zero-order valence-electron chi connectivity index (χ0n) is 24.5. The molecule has 0 spiro atoms. The molecule has 226 valence electrons. The molecule has 0 fully saturated rings. The van der Waals surface area contributed by atoms with Crippen LogP contribution >= 0.6 is 11.6 Å². The zero-order valence-corrected chi connectivity index (χ0v) is 26.1. The average molecular weight is 616 g/mol. The Morgan fingerprint density at radius 3 is 2.31 bits per heavy atom. The second-order valence-corrected chi connectivity index (χ2v) is 12.4. The molecular formula is C31H38ClN3O6S. The summed E-state index contributed by atoms with van der Waals surface area (Å²) in [7, 11) is -2.72. The molecule has 42 heavy (non-hydrogen) atoms. The smallest absolute Gasteiger partial charge is 0.264 e. The van der Waals surface area contributed by atoms with E-state index in [-0.39, 0.29) is 35.6 Å². The van der Waals surface area contributed by atoms with Crippen LogP contribution in [0.5, 0.6) is 11.5 Å². The standard InChI is InChI=1S/C31H38ClN3O6S/c1-6-41-29-13-8-7-12-28(29)35(42(38,39)27-16-14-25(32)15-17-27)21-30(36)34(23(4)31(37)33-19-22(2)3)20-24-10-9-11-26(18-24)40-5/h7-18,22-23H,6,19-21H2,1-5H3,(H,33,37)/t23-/m1/s1. The van der Waals surface area contributed by atoms with Gasteiger partial charge in [-0.3, -0.25) is 13.9 Å². The summed E-state index contributed by atoms with van der Waals surface area (Å²) in [5.41, 5.74) is 0.911. The van der Waals surface area contributed by atoms with Gasteiger partial charge in [0.05, 0.1) is 24.3 Å². The summed E-state index contributed by atoms with van der Waals surface area (Å²) < 4.78 is 40.2. The fourth-order valence-corrected chi connectivity index (χ4v) is 5.74. The fourth-order valence-electron chi connectivity index (χ4n) is 4.19. The maximum Gasteiger partial charge on any atom is 0.264 e. The summed E-state index contributed by atoms with van der Waals surface area (Å²) >= 11 is 6.02. The van der Waals surface area contributed by atoms with E-state index in [0.29, 0.717) is 28.6 Å². The van der Waals surface area contributed by atoms with Gasteiger partial charge in [0.2, 0.25) is 11.8 Å². The molecule has 0 aromatic heterocycles. The van der Waals surface area contributed by atoms with Gasteiger partial charge in [-0.15, -0.1) is 0 Å². The lowest BCUT2D eigenvalue weighted by Gasteiger charge is -2.32. The van der Waals surface area contributed by atoms with E-state index < -0.39 is 28.5 Å². The van der Waals surface area contributed by atoms with Crippen molar-refractivity contribution in [3.05, 3.63) is 83.4 Å². The van der Waals surface area contributed by atoms with Gasteiger partial charge in [-0.1, -0.05) is 49.7 Å². The van der Waals surface area contributed by atoms with Crippen LogP contribution in [0.25, 0.3) is 0 Å². The first-order valence-electron chi connectivity index (χ1n) is 13.7. The van der Waals surface area contributed by atoms with Crippen LogP contribution in [-0.4, -0.2) is 58.0 Å². The van der Waals surface area contributed by atoms with Crippen LogP contribution in [0, 0.1) is 5.92 Å². The number of nitrogens with one attached hydrogen (secondary N) is 1. The first-order chi connectivity index (χ1) is 20.0. The Kier molecular flexibility index (Phi) is 11.6. The molecule has 1 N–H and O–H groups in total. The summed E-state index contributed by atoms with van der Waals surface area (Å²) in [6.45, 7) is 7.54. The van der Waals surface area contributed by atoms with Crippen molar-refractivity contribution >= 4 is 39.1 Å². The van der Waals surface area contributed by atoms with Gasteiger partial charge in [-0.2, -0.15) is 0 Å². The number of para-hydroxylation sites is 2. The minimum atomic E-state index is -4.26. The molecule has 11 heteroatoms. The third kappa shape index (κ3) is 8.39. The number of ether oxygens (including phenoxy) is 2. The highest BCUT2D eigenvalue weighted by Gasteiger charge is 2.34. The summed E-state index contributed by atoms with van der Waals surface area (Å²) in [5, 5.41) is 3.25. The van der Waals surface area contributed by atoms with Crippen LogP contribution in [0.3, 0.4) is 0 Å². The molecule has 0 saturated heterocycles. The summed E-state index contributed by atoms with van der Waals surface area (Å²) in [6, 6.07) is 18.6. The number of hydrogen-bond donors (Lipinski definition) is 1. The van der Waals surface area contributed by atoms with E-state index in [2.05, 4.69) is 5.32 Å². The average Bonchev–Trinajstić information content (AvgIpc) is 2.97. The van der Waals surface area contributed by atoms with E-state index in [1.165, 1.54) is 29.2 Å². The van der Waals surface area contributed by atoms with Gasteiger partial charge in [0, 0.05) is 18.1 Å². The van der Waals surface area contributed by atoms with Crippen molar-refractivity contribution in [1.82, 2.24) is 10.2 Å². The van der Waals surface area contributed by atoms with E-state index in [1.54, 1.807) is 63.4 Å². The Labute approximate surface area is 253 Å². The molecule has 3 aromatic rings. The van der Waals surface area contributed by atoms with Crippen LogP contribution in [-0.2, 0) is 26.2 Å². The van der Waals surface area contributed by atoms with Crippen molar-refractivity contribution in [3.63, 3.8) is 0 Å². The Bertz CT molecular complexity index is 1460. The molecule has 0 bridgehead atoms. The largest absolute Gasteiger partial charge is 0.497 e. The monoisotopic (exact) mass is 615 g/mol. The second-order valence-electron chi connectivity index (χ2n) is 10.1. The third-order valence-corrected chi connectivity index (χ3v) is 8.48. The van der Waals surface area contributed by atoms with Crippen LogP contribution in [0.1, 0.15) is 33.3 Å². The van der Waals surface area contributed by atoms with Gasteiger partial charge in [-0.05, 0) is 73.9 Å². The van der Waals surface area contributed by atoms with Crippen LogP contribution < -0.4 is 19.1 Å². The van der Waals surface area contributed by atoms with E-state index in [0.717, 1.165) is 4.31 Å². The molecule has 2 amide bonds. The van der Waals surface area contributed by atoms with E-state index in [9.17, 15) is 18.0 Å². The molecule has 0 unspecified atom stereocenters. The lowest BCUT2D eigenvalue weighted by Crippen LogP contribution is -2.51. The number of sulfonamides is 1. The number of halogens is 1. The van der Waals surface area contributed by atoms with Gasteiger partial charge in [-0.25, -0.2) is 8.42 Å². The molecule has 0 aliphatic rings. The number of benzene rings is 3. The van der Waals surface area contributed by atoms with Gasteiger partial charge in [0.15, 0.2) is 0 Å². The number of methoxy groups -OCH3 is 1. The topological polar surface area (TPSA) is 105 Å².